The molecule has 71 heavy (non-hydrogen) atoms. The molecule has 0 aromatic heterocycles. The maximum Gasteiger partial charge on any atom is 0.418 e. The van der Waals surface area contributed by atoms with E-state index in [1.54, 1.807) is 13.8 Å². The van der Waals surface area contributed by atoms with E-state index in [4.69, 9.17) is 29.0 Å². The van der Waals surface area contributed by atoms with Crippen LogP contribution < -0.4 is 9.78 Å². The number of hydrogen-bond donors (Lipinski definition) is 0. The predicted molar refractivity (Wildman–Crippen MR) is 248 cm³/mol. The zero-order valence-electron chi connectivity index (χ0n) is 38.8. The standard InChI is InChI=1S/C52H50F6N2O10S/c1-3-65-49(63)37-9-5-7-25-59(37)43(61)21-15-31-13-19-41(47(51(53,54)55)45(31)35-11-17-39-33(29-35)23-27-67-69-39)71-42-20-14-32(16-22-44(62)60-26-8-6-10-38(60)50(64)66-4-2)46(48(42)52(56,57)58)36-12-18-40-34(30-36)24-28-68-70-40/h11-22,29-30,37-38H,3-10,23-28H2,1-2H3/b21-15+,22-16+. The van der Waals surface area contributed by atoms with Crippen molar-refractivity contribution in [2.75, 3.05) is 39.5 Å². The highest BCUT2D eigenvalue weighted by atomic mass is 32.2. The van der Waals surface area contributed by atoms with Gasteiger partial charge in [-0.3, -0.25) is 9.59 Å². The fourth-order valence-corrected chi connectivity index (χ4v) is 10.5. The molecule has 0 aliphatic carbocycles. The van der Waals surface area contributed by atoms with Gasteiger partial charge in [0.05, 0.1) is 37.6 Å². The van der Waals surface area contributed by atoms with Crippen molar-refractivity contribution in [1.29, 1.82) is 0 Å². The van der Waals surface area contributed by atoms with Gasteiger partial charge in [-0.1, -0.05) is 36.0 Å². The minimum atomic E-state index is -5.18. The van der Waals surface area contributed by atoms with E-state index in [1.807, 2.05) is 0 Å². The van der Waals surface area contributed by atoms with Crippen LogP contribution in [-0.4, -0.2) is 85.2 Å². The molecule has 4 aromatic carbocycles. The van der Waals surface area contributed by atoms with Gasteiger partial charge in [0.15, 0.2) is 11.5 Å². The van der Waals surface area contributed by atoms with Crippen LogP contribution in [0.5, 0.6) is 11.5 Å². The predicted octanol–water partition coefficient (Wildman–Crippen LogP) is 10.9. The highest BCUT2D eigenvalue weighted by Gasteiger charge is 2.42. The molecule has 0 saturated carbocycles. The number of nitrogens with zero attached hydrogens (tertiary/aromatic N) is 2. The Morgan fingerprint density at radius 1 is 0.620 bits per heavy atom. The van der Waals surface area contributed by atoms with Crippen molar-refractivity contribution in [1.82, 2.24) is 9.80 Å². The Balaban J connectivity index is 1.27. The summed E-state index contributed by atoms with van der Waals surface area (Å²) in [6.45, 7) is 4.09. The highest BCUT2D eigenvalue weighted by molar-refractivity contribution is 7.99. The smallest absolute Gasteiger partial charge is 0.418 e. The van der Waals surface area contributed by atoms with E-state index in [-0.39, 0.29) is 97.9 Å². The lowest BCUT2D eigenvalue weighted by atomic mass is 9.91. The summed E-state index contributed by atoms with van der Waals surface area (Å²) in [5, 5.41) is 0. The molecule has 2 fully saturated rings. The highest BCUT2D eigenvalue weighted by Crippen LogP contribution is 2.52. The quantitative estimate of drug-likeness (QED) is 0.0582. The fraction of sp³-hybridized carbons (Fsp3) is 0.385. The number of ether oxygens (including phenoxy) is 2. The van der Waals surface area contributed by atoms with Crippen LogP contribution in [0, 0.1) is 0 Å². The van der Waals surface area contributed by atoms with Crippen molar-refractivity contribution in [3.8, 4) is 33.8 Å². The lowest BCUT2D eigenvalue weighted by Gasteiger charge is -2.33. The molecule has 4 aromatic rings. The third-order valence-electron chi connectivity index (χ3n) is 12.6. The maximum absolute atomic E-state index is 15.9. The van der Waals surface area contributed by atoms with Gasteiger partial charge < -0.3 is 29.0 Å². The average molecular weight is 1010 g/mol. The SMILES string of the molecule is CCOC(=O)C1CCCCN1C(=O)/C=C/c1ccc(Sc2ccc(/C=C/C(=O)N3CCCCC3C(=O)OCC)c(-c3ccc4c(c3)CCOO4)c2C(F)(F)F)c(C(F)(F)F)c1-c1ccc2c(c1)CCOO2. The van der Waals surface area contributed by atoms with Crippen molar-refractivity contribution in [2.45, 2.75) is 99.4 Å². The van der Waals surface area contributed by atoms with E-state index in [0.717, 1.165) is 24.3 Å². The van der Waals surface area contributed by atoms with E-state index in [9.17, 15) is 19.2 Å². The number of benzene rings is 4. The number of piperidine rings is 2. The maximum atomic E-state index is 15.9. The molecular weight excluding hydrogens is 959 g/mol. The van der Waals surface area contributed by atoms with Crippen LogP contribution in [0.1, 0.15) is 85.8 Å². The van der Waals surface area contributed by atoms with Crippen molar-refractivity contribution in [3.63, 3.8) is 0 Å². The number of rotatable bonds is 12. The summed E-state index contributed by atoms with van der Waals surface area (Å²) in [4.78, 5) is 75.3. The number of likely N-dealkylation sites (tertiary alicyclic amines) is 2. The first-order chi connectivity index (χ1) is 34.1. The fourth-order valence-electron chi connectivity index (χ4n) is 9.36. The Morgan fingerprint density at radius 2 is 1.04 bits per heavy atom. The third-order valence-corrected chi connectivity index (χ3v) is 13.7. The van der Waals surface area contributed by atoms with Crippen LogP contribution >= 0.6 is 11.8 Å². The number of amides is 2. The van der Waals surface area contributed by atoms with Crippen molar-refractivity contribution >= 4 is 47.7 Å². The van der Waals surface area contributed by atoms with E-state index < -0.39 is 80.2 Å². The van der Waals surface area contributed by atoms with Gasteiger partial charge in [0.2, 0.25) is 11.8 Å². The average Bonchev–Trinajstić information content (AvgIpc) is 3.36. The largest absolute Gasteiger partial charge is 0.464 e. The first-order valence-electron chi connectivity index (χ1n) is 23.4. The van der Waals surface area contributed by atoms with E-state index in [1.165, 1.54) is 70.5 Å². The molecule has 376 valence electrons. The van der Waals surface area contributed by atoms with Crippen LogP contribution in [0.4, 0.5) is 26.3 Å². The Morgan fingerprint density at radius 3 is 1.44 bits per heavy atom. The van der Waals surface area contributed by atoms with Gasteiger partial charge in [-0.15, -0.1) is 0 Å². The van der Waals surface area contributed by atoms with Crippen molar-refractivity contribution in [2.24, 2.45) is 0 Å². The zero-order chi connectivity index (χ0) is 50.5. The number of esters is 2. The summed E-state index contributed by atoms with van der Waals surface area (Å²) >= 11 is 0.267. The molecule has 0 radical (unpaired) electrons. The summed E-state index contributed by atoms with van der Waals surface area (Å²) < 4.78 is 106. The minimum absolute atomic E-state index is 0.0412. The normalized spacial score (nSPS) is 18.4. The van der Waals surface area contributed by atoms with Gasteiger partial charge in [-0.2, -0.15) is 36.1 Å². The van der Waals surface area contributed by atoms with E-state index in [0.29, 0.717) is 49.7 Å². The summed E-state index contributed by atoms with van der Waals surface area (Å²) in [6.07, 6.45) is -2.00. The summed E-state index contributed by atoms with van der Waals surface area (Å²) in [6, 6.07) is 11.6. The molecule has 0 spiro atoms. The second kappa shape index (κ2) is 22.0. The minimum Gasteiger partial charge on any atom is -0.464 e. The van der Waals surface area contributed by atoms with Gasteiger partial charge in [0, 0.05) is 70.1 Å². The molecular formula is C52H50F6N2O10S. The molecule has 2 amide bonds. The second-order valence-corrected chi connectivity index (χ2v) is 18.2. The summed E-state index contributed by atoms with van der Waals surface area (Å²) in [5.41, 5.74) is -2.39. The second-order valence-electron chi connectivity index (χ2n) is 17.1. The first kappa shape index (κ1) is 51.1. The van der Waals surface area contributed by atoms with E-state index in [2.05, 4.69) is 0 Å². The first-order valence-corrected chi connectivity index (χ1v) is 24.2. The van der Waals surface area contributed by atoms with Crippen LogP contribution in [0.3, 0.4) is 0 Å². The molecule has 4 heterocycles. The Kier molecular flexibility index (Phi) is 15.8. The zero-order valence-corrected chi connectivity index (χ0v) is 39.6. The van der Waals surface area contributed by atoms with Gasteiger partial charge >= 0.3 is 24.3 Å². The third kappa shape index (κ3) is 11.4. The molecule has 2 atom stereocenters. The molecule has 4 aliphatic rings. The number of hydrogen-bond acceptors (Lipinski definition) is 11. The monoisotopic (exact) mass is 1010 g/mol. The van der Waals surface area contributed by atoms with Crippen LogP contribution in [0.15, 0.2) is 82.6 Å². The van der Waals surface area contributed by atoms with Crippen molar-refractivity contribution in [3.05, 3.63) is 106 Å². The lowest BCUT2D eigenvalue weighted by Crippen LogP contribution is -2.48. The number of halogens is 6. The lowest BCUT2D eigenvalue weighted by molar-refractivity contribution is -0.215. The van der Waals surface area contributed by atoms with Gasteiger partial charge in [-0.05, 0) is 123 Å². The van der Waals surface area contributed by atoms with Gasteiger partial charge in [0.25, 0.3) is 0 Å². The molecule has 4 aliphatic heterocycles. The Bertz CT molecular complexity index is 2560. The number of alkyl halides is 6. The number of carbonyl (C=O) groups is 4. The molecule has 12 nitrogen and oxygen atoms in total. The van der Waals surface area contributed by atoms with Crippen LogP contribution in [-0.2, 0) is 63.6 Å². The number of carbonyl (C=O) groups excluding carboxylic acids is 4. The van der Waals surface area contributed by atoms with Crippen molar-refractivity contribution < 1.29 is 74.5 Å². The molecule has 8 rings (SSSR count). The molecule has 2 unspecified atom stereocenters. The van der Waals surface area contributed by atoms with Gasteiger partial charge in [0.1, 0.15) is 12.1 Å². The Labute approximate surface area is 409 Å². The van der Waals surface area contributed by atoms with Crippen LogP contribution in [0.25, 0.3) is 34.4 Å². The summed E-state index contributed by atoms with van der Waals surface area (Å²) in [5.74, 6) is -1.90. The molecule has 0 bridgehead atoms. The van der Waals surface area contributed by atoms with E-state index >= 15 is 26.3 Å². The van der Waals surface area contributed by atoms with Crippen LogP contribution in [0.2, 0.25) is 0 Å². The summed E-state index contributed by atoms with van der Waals surface area (Å²) in [7, 11) is 0. The Hall–Kier alpha value is -6.31. The number of fused-ring (bicyclic) bond motifs is 2. The van der Waals surface area contributed by atoms with Gasteiger partial charge in [-0.25, -0.2) is 9.59 Å². The molecule has 2 saturated heterocycles. The topological polar surface area (TPSA) is 130 Å². The molecule has 0 N–H and O–H groups in total. The molecule has 19 heteroatoms.